The van der Waals surface area contributed by atoms with E-state index in [9.17, 15) is 8.42 Å². The number of aryl methyl sites for hydroxylation is 1. The Morgan fingerprint density at radius 1 is 1.14 bits per heavy atom. The maximum absolute atomic E-state index is 11.2. The van der Waals surface area contributed by atoms with Gasteiger partial charge < -0.3 is 9.31 Å². The molecule has 1 saturated heterocycles. The van der Waals surface area contributed by atoms with Crippen LogP contribution in [0.4, 0.5) is 0 Å². The first-order valence-corrected chi connectivity index (χ1v) is 9.20. The highest BCUT2D eigenvalue weighted by molar-refractivity contribution is 7.88. The van der Waals surface area contributed by atoms with E-state index in [-0.39, 0.29) is 17.7 Å². The molecule has 0 unspecified atom stereocenters. The monoisotopic (exact) mass is 325 g/mol. The number of rotatable bonds is 4. The Labute approximate surface area is 133 Å². The van der Waals surface area contributed by atoms with Crippen molar-refractivity contribution in [3.63, 3.8) is 0 Å². The summed E-state index contributed by atoms with van der Waals surface area (Å²) in [6, 6.07) is 5.82. The molecule has 5 nitrogen and oxygen atoms in total. The smallest absolute Gasteiger partial charge is 0.399 e. The van der Waals surface area contributed by atoms with Gasteiger partial charge in [-0.05, 0) is 51.2 Å². The molecule has 1 aromatic rings. The second-order valence-electron chi connectivity index (χ2n) is 6.87. The van der Waals surface area contributed by atoms with Crippen LogP contribution in [0.25, 0.3) is 0 Å². The van der Waals surface area contributed by atoms with Crippen LogP contribution >= 0.6 is 0 Å². The average Bonchev–Trinajstić information content (AvgIpc) is 2.56. The van der Waals surface area contributed by atoms with Crippen LogP contribution in [-0.4, -0.2) is 33.0 Å². The molecule has 1 aromatic carbocycles. The molecule has 1 N–H and O–H groups in total. The Hall–Kier alpha value is -0.885. The maximum Gasteiger partial charge on any atom is 0.494 e. The fourth-order valence-corrected chi connectivity index (χ4v) is 2.67. The first-order chi connectivity index (χ1) is 9.91. The van der Waals surface area contributed by atoms with E-state index in [0.717, 1.165) is 22.8 Å². The van der Waals surface area contributed by atoms with E-state index in [1.54, 1.807) is 0 Å². The Bertz CT molecular complexity index is 654. The Morgan fingerprint density at radius 3 is 2.14 bits per heavy atom. The molecule has 0 saturated carbocycles. The van der Waals surface area contributed by atoms with Gasteiger partial charge in [-0.2, -0.15) is 0 Å². The van der Waals surface area contributed by atoms with Crippen LogP contribution < -0.4 is 10.2 Å². The quantitative estimate of drug-likeness (QED) is 0.849. The van der Waals surface area contributed by atoms with Crippen LogP contribution in [0.3, 0.4) is 0 Å². The predicted octanol–water partition coefficient (Wildman–Crippen LogP) is 1.34. The van der Waals surface area contributed by atoms with Crippen molar-refractivity contribution in [3.8, 4) is 0 Å². The summed E-state index contributed by atoms with van der Waals surface area (Å²) in [7, 11) is -3.60. The summed E-state index contributed by atoms with van der Waals surface area (Å²) in [5.74, 6) is 0. The normalized spacial score (nSPS) is 20.4. The number of hydrogen-bond acceptors (Lipinski definition) is 4. The lowest BCUT2D eigenvalue weighted by molar-refractivity contribution is 0.00578. The summed E-state index contributed by atoms with van der Waals surface area (Å²) < 4.78 is 36.9. The molecule has 1 aliphatic heterocycles. The van der Waals surface area contributed by atoms with Gasteiger partial charge in [0.25, 0.3) is 0 Å². The third kappa shape index (κ3) is 3.71. The van der Waals surface area contributed by atoms with Crippen LogP contribution in [0.15, 0.2) is 18.2 Å². The summed E-state index contributed by atoms with van der Waals surface area (Å²) in [6.07, 6.45) is 1.15. The van der Waals surface area contributed by atoms with E-state index in [2.05, 4.69) is 4.72 Å². The molecular formula is C15H24BNO4S. The topological polar surface area (TPSA) is 64.6 Å². The molecule has 2 rings (SSSR count). The van der Waals surface area contributed by atoms with Crippen LogP contribution in [-0.2, 0) is 25.9 Å². The summed E-state index contributed by atoms with van der Waals surface area (Å²) in [6.45, 7) is 10.3. The van der Waals surface area contributed by atoms with Crippen LogP contribution in [0.5, 0.6) is 0 Å². The van der Waals surface area contributed by atoms with Crippen molar-refractivity contribution >= 4 is 22.6 Å². The Morgan fingerprint density at radius 2 is 1.68 bits per heavy atom. The van der Waals surface area contributed by atoms with Gasteiger partial charge in [-0.15, -0.1) is 0 Å². The highest BCUT2D eigenvalue weighted by Gasteiger charge is 2.51. The minimum atomic E-state index is -3.20. The van der Waals surface area contributed by atoms with Gasteiger partial charge in [0.15, 0.2) is 0 Å². The summed E-state index contributed by atoms with van der Waals surface area (Å²) in [5, 5.41) is 0. The zero-order chi connectivity index (χ0) is 16.8. The number of hydrogen-bond donors (Lipinski definition) is 1. The van der Waals surface area contributed by atoms with Gasteiger partial charge in [0.1, 0.15) is 0 Å². The lowest BCUT2D eigenvalue weighted by Crippen LogP contribution is -2.41. The third-order valence-electron chi connectivity index (χ3n) is 4.42. The first-order valence-electron chi connectivity index (χ1n) is 7.31. The van der Waals surface area contributed by atoms with E-state index in [4.69, 9.17) is 9.31 Å². The van der Waals surface area contributed by atoms with Crippen molar-refractivity contribution in [3.05, 3.63) is 29.3 Å². The van der Waals surface area contributed by atoms with Crippen molar-refractivity contribution < 1.29 is 17.7 Å². The Balaban J connectivity index is 2.17. The average molecular weight is 325 g/mol. The lowest BCUT2D eigenvalue weighted by atomic mass is 9.78. The third-order valence-corrected chi connectivity index (χ3v) is 5.09. The van der Waals surface area contributed by atoms with E-state index < -0.39 is 17.1 Å². The van der Waals surface area contributed by atoms with E-state index in [1.165, 1.54) is 0 Å². The zero-order valence-electron chi connectivity index (χ0n) is 14.1. The highest BCUT2D eigenvalue weighted by Crippen LogP contribution is 2.36. The lowest BCUT2D eigenvalue weighted by Gasteiger charge is -2.32. The highest BCUT2D eigenvalue weighted by atomic mass is 32.2. The maximum atomic E-state index is 11.2. The van der Waals surface area contributed by atoms with Crippen LogP contribution in [0, 0.1) is 6.92 Å². The first kappa shape index (κ1) is 17.5. The van der Waals surface area contributed by atoms with Crippen molar-refractivity contribution in [1.82, 2.24) is 4.72 Å². The SMILES string of the molecule is Cc1cc(B2OC(C)(C)C(C)(C)O2)ccc1CNS(C)(=O)=O. The van der Waals surface area contributed by atoms with Gasteiger partial charge in [-0.25, -0.2) is 13.1 Å². The molecule has 22 heavy (non-hydrogen) atoms. The molecule has 7 heteroatoms. The standard InChI is InChI=1S/C15H24BNO4S/c1-11-9-13(8-7-12(11)10-17-22(6,18)19)16-20-14(2,3)15(4,5)21-16/h7-9,17H,10H2,1-6H3. The number of nitrogens with one attached hydrogen (secondary N) is 1. The van der Waals surface area contributed by atoms with Crippen molar-refractivity contribution in [2.45, 2.75) is 52.4 Å². The molecule has 1 fully saturated rings. The van der Waals surface area contributed by atoms with Gasteiger partial charge in [0.2, 0.25) is 10.0 Å². The second kappa shape index (κ2) is 5.63. The number of benzene rings is 1. The molecule has 122 valence electrons. The Kier molecular flexibility index (Phi) is 4.47. The largest absolute Gasteiger partial charge is 0.494 e. The minimum Gasteiger partial charge on any atom is -0.399 e. The molecule has 1 aliphatic rings. The summed E-state index contributed by atoms with van der Waals surface area (Å²) in [4.78, 5) is 0. The minimum absolute atomic E-state index is 0.286. The molecule has 0 aliphatic carbocycles. The molecule has 0 spiro atoms. The summed E-state index contributed by atoms with van der Waals surface area (Å²) >= 11 is 0. The van der Waals surface area contributed by atoms with E-state index in [0.29, 0.717) is 0 Å². The fraction of sp³-hybridized carbons (Fsp3) is 0.600. The molecule has 0 aromatic heterocycles. The molecule has 1 heterocycles. The van der Waals surface area contributed by atoms with Gasteiger partial charge in [0.05, 0.1) is 17.5 Å². The molecule has 0 atom stereocenters. The number of sulfonamides is 1. The van der Waals surface area contributed by atoms with E-state index >= 15 is 0 Å². The zero-order valence-corrected chi connectivity index (χ0v) is 14.9. The molecule has 0 bridgehead atoms. The second-order valence-corrected chi connectivity index (χ2v) is 8.70. The molecule has 0 radical (unpaired) electrons. The van der Waals surface area contributed by atoms with Crippen molar-refractivity contribution in [2.75, 3.05) is 6.26 Å². The predicted molar refractivity (Wildman–Crippen MR) is 88.6 cm³/mol. The van der Waals surface area contributed by atoms with Crippen LogP contribution in [0.1, 0.15) is 38.8 Å². The molecular weight excluding hydrogens is 301 g/mol. The van der Waals surface area contributed by atoms with Crippen molar-refractivity contribution in [2.24, 2.45) is 0 Å². The summed E-state index contributed by atoms with van der Waals surface area (Å²) in [5.41, 5.74) is 2.14. The van der Waals surface area contributed by atoms with Crippen molar-refractivity contribution in [1.29, 1.82) is 0 Å². The van der Waals surface area contributed by atoms with Crippen LogP contribution in [0.2, 0.25) is 0 Å². The fourth-order valence-electron chi connectivity index (χ4n) is 2.25. The van der Waals surface area contributed by atoms with E-state index in [1.807, 2.05) is 52.8 Å². The van der Waals surface area contributed by atoms with Gasteiger partial charge in [-0.3, -0.25) is 0 Å². The van der Waals surface area contributed by atoms with Gasteiger partial charge >= 0.3 is 7.12 Å². The van der Waals surface area contributed by atoms with Gasteiger partial charge in [-0.1, -0.05) is 18.2 Å². The molecule has 0 amide bonds. The van der Waals surface area contributed by atoms with Gasteiger partial charge in [0, 0.05) is 6.54 Å².